The first-order valence-corrected chi connectivity index (χ1v) is 27.6. The Balaban J connectivity index is 2.54. The lowest BCUT2D eigenvalue weighted by molar-refractivity contribution is -0.122. The van der Waals surface area contributed by atoms with Crippen molar-refractivity contribution in [2.75, 3.05) is 52.4 Å². The summed E-state index contributed by atoms with van der Waals surface area (Å²) in [5, 5.41) is 16.6. The van der Waals surface area contributed by atoms with E-state index in [1.165, 1.54) is 186 Å². The van der Waals surface area contributed by atoms with Gasteiger partial charge in [0.2, 0.25) is 11.8 Å². The zero-order chi connectivity index (χ0) is 44.3. The molecule has 0 bridgehead atoms. The van der Waals surface area contributed by atoms with E-state index in [1.807, 2.05) is 0 Å². The highest BCUT2D eigenvalue weighted by Gasteiger charge is 2.21. The molecule has 1 rings (SSSR count). The maximum Gasteiger partial charge on any atom is 0.220 e. The Morgan fingerprint density at radius 3 is 1.25 bits per heavy atom. The Bertz CT molecular complexity index is 885. The van der Waals surface area contributed by atoms with Gasteiger partial charge in [0.1, 0.15) is 0 Å². The Morgan fingerprint density at radius 2 is 0.836 bits per heavy atom. The molecule has 0 spiro atoms. The molecule has 362 valence electrons. The Labute approximate surface area is 381 Å². The maximum absolute atomic E-state index is 13.0. The van der Waals surface area contributed by atoms with Crippen LogP contribution in [0.5, 0.6) is 0 Å². The standard InChI is InChI=1S/C54H108N4O3/c1-5-9-13-17-19-26-36-50(34-24-15-11-7-3)48-55-53(60)40-30-22-32-42-57(44-45-58(46-47-59)52-38-28-21-29-39-52)43-33-23-31-41-54(61)56-49-51(35-25-16-12-8-4)37-27-20-18-14-10-6-2/h50-52,59H,5-49H2,1-4H3,(H,55,60)(H,56,61). The third kappa shape index (κ3) is 35.8. The van der Waals surface area contributed by atoms with Crippen LogP contribution in [0.2, 0.25) is 0 Å². The van der Waals surface area contributed by atoms with E-state index >= 15 is 0 Å². The van der Waals surface area contributed by atoms with Crippen LogP contribution in [0.4, 0.5) is 0 Å². The average molecular weight is 861 g/mol. The molecule has 7 nitrogen and oxygen atoms in total. The summed E-state index contributed by atoms with van der Waals surface area (Å²) < 4.78 is 0. The van der Waals surface area contributed by atoms with Crippen molar-refractivity contribution in [3.63, 3.8) is 0 Å². The van der Waals surface area contributed by atoms with Crippen molar-refractivity contribution in [3.05, 3.63) is 0 Å². The summed E-state index contributed by atoms with van der Waals surface area (Å²) in [5.41, 5.74) is 0. The molecule has 0 saturated heterocycles. The fourth-order valence-corrected chi connectivity index (χ4v) is 9.79. The molecule has 0 heterocycles. The molecule has 1 fully saturated rings. The van der Waals surface area contributed by atoms with E-state index in [4.69, 9.17) is 0 Å². The number of rotatable bonds is 46. The van der Waals surface area contributed by atoms with E-state index in [0.29, 0.717) is 30.7 Å². The number of carbonyl (C=O) groups excluding carboxylic acids is 2. The molecule has 7 heteroatoms. The topological polar surface area (TPSA) is 84.9 Å². The van der Waals surface area contributed by atoms with Gasteiger partial charge in [-0.05, 0) is 89.1 Å². The van der Waals surface area contributed by atoms with Crippen LogP contribution in [-0.2, 0) is 9.59 Å². The van der Waals surface area contributed by atoms with Gasteiger partial charge in [0.05, 0.1) is 6.61 Å². The van der Waals surface area contributed by atoms with E-state index in [2.05, 4.69) is 48.1 Å². The number of unbranched alkanes of at least 4 members (excludes halogenated alkanes) is 20. The first kappa shape index (κ1) is 57.8. The van der Waals surface area contributed by atoms with Gasteiger partial charge in [-0.3, -0.25) is 14.5 Å². The second kappa shape index (κ2) is 44.0. The predicted octanol–water partition coefficient (Wildman–Crippen LogP) is 13.9. The molecular weight excluding hydrogens is 753 g/mol. The van der Waals surface area contributed by atoms with Gasteiger partial charge in [-0.2, -0.15) is 0 Å². The van der Waals surface area contributed by atoms with E-state index in [1.54, 1.807) is 0 Å². The van der Waals surface area contributed by atoms with Crippen molar-refractivity contribution in [1.29, 1.82) is 0 Å². The van der Waals surface area contributed by atoms with Crippen molar-refractivity contribution < 1.29 is 14.7 Å². The van der Waals surface area contributed by atoms with Crippen LogP contribution in [0, 0.1) is 11.8 Å². The van der Waals surface area contributed by atoms with E-state index < -0.39 is 0 Å². The van der Waals surface area contributed by atoms with Crippen LogP contribution in [0.25, 0.3) is 0 Å². The lowest BCUT2D eigenvalue weighted by Gasteiger charge is -2.35. The van der Waals surface area contributed by atoms with Crippen LogP contribution in [0.3, 0.4) is 0 Å². The first-order chi connectivity index (χ1) is 30.0. The lowest BCUT2D eigenvalue weighted by atomic mass is 9.94. The molecule has 2 amide bonds. The number of nitrogens with one attached hydrogen (secondary N) is 2. The van der Waals surface area contributed by atoms with Gasteiger partial charge < -0.3 is 20.6 Å². The smallest absolute Gasteiger partial charge is 0.220 e. The molecule has 0 aromatic heterocycles. The van der Waals surface area contributed by atoms with Crippen molar-refractivity contribution in [2.45, 2.75) is 271 Å². The molecule has 0 aromatic carbocycles. The predicted molar refractivity (Wildman–Crippen MR) is 265 cm³/mol. The monoisotopic (exact) mass is 861 g/mol. The number of aliphatic hydroxyl groups excluding tert-OH is 1. The Morgan fingerprint density at radius 1 is 0.459 bits per heavy atom. The zero-order valence-electron chi connectivity index (χ0n) is 41.7. The van der Waals surface area contributed by atoms with E-state index in [-0.39, 0.29) is 18.4 Å². The molecule has 1 aliphatic carbocycles. The van der Waals surface area contributed by atoms with Crippen LogP contribution >= 0.6 is 0 Å². The summed E-state index contributed by atoms with van der Waals surface area (Å²) in [6, 6.07) is 0.614. The summed E-state index contributed by atoms with van der Waals surface area (Å²) in [5.74, 6) is 1.75. The summed E-state index contributed by atoms with van der Waals surface area (Å²) in [7, 11) is 0. The lowest BCUT2D eigenvalue weighted by Crippen LogP contribution is -2.43. The van der Waals surface area contributed by atoms with Crippen molar-refractivity contribution in [2.24, 2.45) is 11.8 Å². The van der Waals surface area contributed by atoms with E-state index in [9.17, 15) is 14.7 Å². The van der Waals surface area contributed by atoms with Gasteiger partial charge in [0.15, 0.2) is 0 Å². The van der Waals surface area contributed by atoms with Crippen molar-refractivity contribution in [3.8, 4) is 0 Å². The minimum absolute atomic E-state index is 0.234. The highest BCUT2D eigenvalue weighted by Crippen LogP contribution is 2.23. The molecule has 0 aromatic rings. The highest BCUT2D eigenvalue weighted by molar-refractivity contribution is 5.76. The van der Waals surface area contributed by atoms with Crippen molar-refractivity contribution >= 4 is 11.8 Å². The highest BCUT2D eigenvalue weighted by atomic mass is 16.3. The molecule has 2 atom stereocenters. The molecule has 61 heavy (non-hydrogen) atoms. The third-order valence-electron chi connectivity index (χ3n) is 14.0. The van der Waals surface area contributed by atoms with Gasteiger partial charge in [0, 0.05) is 51.6 Å². The molecular formula is C54H108N4O3. The Kier molecular flexibility index (Phi) is 41.8. The van der Waals surface area contributed by atoms with Crippen LogP contribution < -0.4 is 10.6 Å². The molecule has 0 aliphatic heterocycles. The molecule has 0 radical (unpaired) electrons. The van der Waals surface area contributed by atoms with Gasteiger partial charge in [0.25, 0.3) is 0 Å². The second-order valence-corrected chi connectivity index (χ2v) is 19.7. The summed E-state index contributed by atoms with van der Waals surface area (Å²) in [6.45, 7) is 16.1. The van der Waals surface area contributed by atoms with Gasteiger partial charge in [-0.15, -0.1) is 0 Å². The van der Waals surface area contributed by atoms with Gasteiger partial charge in [-0.1, -0.05) is 188 Å². The fourth-order valence-electron chi connectivity index (χ4n) is 9.79. The SMILES string of the molecule is CCCCCCCCC(CCCCCC)CNC(=O)CCCCCN(CCCCCC(=O)NCC(CCCCCC)CCCCCCCC)CCN(CCO)C1CCCCC1. The zero-order valence-corrected chi connectivity index (χ0v) is 41.7. The number of carbonyl (C=O) groups is 2. The quantitative estimate of drug-likeness (QED) is 0.0531. The van der Waals surface area contributed by atoms with Crippen LogP contribution in [-0.4, -0.2) is 85.2 Å². The van der Waals surface area contributed by atoms with Crippen LogP contribution in [0.1, 0.15) is 265 Å². The average Bonchev–Trinajstić information content (AvgIpc) is 3.27. The minimum Gasteiger partial charge on any atom is -0.395 e. The molecule has 2 unspecified atom stereocenters. The third-order valence-corrected chi connectivity index (χ3v) is 14.0. The maximum atomic E-state index is 13.0. The summed E-state index contributed by atoms with van der Waals surface area (Å²) >= 11 is 0. The second-order valence-electron chi connectivity index (χ2n) is 19.7. The number of nitrogens with zero attached hydrogens (tertiary/aromatic N) is 2. The molecule has 1 saturated carbocycles. The largest absolute Gasteiger partial charge is 0.395 e. The number of hydrogen-bond donors (Lipinski definition) is 3. The number of aliphatic hydroxyl groups is 1. The summed E-state index contributed by atoms with van der Waals surface area (Å²) in [4.78, 5) is 31.1. The van der Waals surface area contributed by atoms with Gasteiger partial charge in [-0.25, -0.2) is 0 Å². The number of amides is 2. The van der Waals surface area contributed by atoms with Crippen molar-refractivity contribution in [1.82, 2.24) is 20.4 Å². The molecule has 3 N–H and O–H groups in total. The van der Waals surface area contributed by atoms with Crippen LogP contribution in [0.15, 0.2) is 0 Å². The van der Waals surface area contributed by atoms with E-state index in [0.717, 1.165) is 84.3 Å². The normalized spacial score (nSPS) is 14.5. The molecule has 1 aliphatic rings. The fraction of sp³-hybridized carbons (Fsp3) is 0.963. The Hall–Kier alpha value is -1.18. The summed E-state index contributed by atoms with van der Waals surface area (Å²) in [6.07, 6.45) is 45.7. The van der Waals surface area contributed by atoms with Gasteiger partial charge >= 0.3 is 0 Å². The number of hydrogen-bond acceptors (Lipinski definition) is 5. The first-order valence-electron chi connectivity index (χ1n) is 27.6. The minimum atomic E-state index is 0.234.